The van der Waals surface area contributed by atoms with Gasteiger partial charge in [-0.3, -0.25) is 4.79 Å². The Morgan fingerprint density at radius 1 is 0.930 bits per heavy atom. The first-order valence-electron chi connectivity index (χ1n) is 15.0. The van der Waals surface area contributed by atoms with Gasteiger partial charge in [0.1, 0.15) is 11.5 Å². The van der Waals surface area contributed by atoms with Crippen molar-refractivity contribution in [2.45, 2.75) is 50.6 Å². The van der Waals surface area contributed by atoms with Crippen LogP contribution in [0.2, 0.25) is 10.0 Å². The van der Waals surface area contributed by atoms with E-state index in [9.17, 15) is 9.18 Å². The maximum atomic E-state index is 14.4. The van der Waals surface area contributed by atoms with Crippen LogP contribution in [0.5, 0.6) is 0 Å². The van der Waals surface area contributed by atoms with Gasteiger partial charge in [0, 0.05) is 44.2 Å². The molecule has 4 fully saturated rings. The fraction of sp³-hybridized carbons (Fsp3) is 0.314. The summed E-state index contributed by atoms with van der Waals surface area (Å²) in [7, 11) is 0. The zero-order valence-corrected chi connectivity index (χ0v) is 25.1. The number of amides is 1. The molecule has 4 aliphatic rings. The van der Waals surface area contributed by atoms with Crippen LogP contribution >= 0.6 is 23.2 Å². The molecule has 4 aliphatic carbocycles. The molecule has 0 saturated heterocycles. The summed E-state index contributed by atoms with van der Waals surface area (Å²) in [6, 6.07) is 19.7. The highest BCUT2D eigenvalue weighted by molar-refractivity contribution is 6.31. The second kappa shape index (κ2) is 10.2. The van der Waals surface area contributed by atoms with Gasteiger partial charge in [-0.25, -0.2) is 9.37 Å². The lowest BCUT2D eigenvalue weighted by Gasteiger charge is -2.56. The van der Waals surface area contributed by atoms with E-state index in [1.54, 1.807) is 18.5 Å². The highest BCUT2D eigenvalue weighted by Crippen LogP contribution is 2.55. The fourth-order valence-corrected chi connectivity index (χ4v) is 8.82. The molecule has 9 rings (SSSR count). The first-order chi connectivity index (χ1) is 20.8. The number of aromatic amines is 1. The molecule has 43 heavy (non-hydrogen) atoms. The van der Waals surface area contributed by atoms with Gasteiger partial charge in [-0.2, -0.15) is 0 Å². The van der Waals surface area contributed by atoms with Gasteiger partial charge in [-0.1, -0.05) is 41.4 Å². The van der Waals surface area contributed by atoms with Crippen molar-refractivity contribution < 1.29 is 9.18 Å². The Bertz CT molecular complexity index is 1820. The second-order valence-electron chi connectivity index (χ2n) is 12.9. The van der Waals surface area contributed by atoms with Crippen molar-refractivity contribution in [3.05, 3.63) is 100 Å². The van der Waals surface area contributed by atoms with E-state index in [0.717, 1.165) is 52.5 Å². The summed E-state index contributed by atoms with van der Waals surface area (Å²) >= 11 is 12.6. The Morgan fingerprint density at radius 2 is 1.58 bits per heavy atom. The van der Waals surface area contributed by atoms with Gasteiger partial charge < -0.3 is 14.9 Å². The molecule has 1 amide bonds. The molecule has 218 valence electrons. The van der Waals surface area contributed by atoms with Crippen molar-refractivity contribution in [1.29, 1.82) is 0 Å². The SMILES string of the molecule is O=C(NC12CC3CC(CC(C3)C1)C2)c1[nH]c2cc(Cl)ccc2c1-c1c(-c2ccc(F)cc2)ncn1Cc1ccc(Cl)cc1. The number of hydrogen-bond acceptors (Lipinski definition) is 2. The van der Waals surface area contributed by atoms with Crippen LogP contribution < -0.4 is 5.32 Å². The molecule has 8 heteroatoms. The Balaban J connectivity index is 1.29. The quantitative estimate of drug-likeness (QED) is 0.201. The largest absolute Gasteiger partial charge is 0.350 e. The van der Waals surface area contributed by atoms with Crippen LogP contribution in [0.1, 0.15) is 54.6 Å². The summed E-state index contributed by atoms with van der Waals surface area (Å²) in [5, 5.41) is 5.69. The van der Waals surface area contributed by atoms with Gasteiger partial charge in [-0.05, 0) is 110 Å². The highest BCUT2D eigenvalue weighted by Gasteiger charge is 2.51. The maximum Gasteiger partial charge on any atom is 0.268 e. The van der Waals surface area contributed by atoms with Crippen LogP contribution in [0, 0.1) is 23.6 Å². The Labute approximate surface area is 259 Å². The van der Waals surface area contributed by atoms with Crippen LogP contribution in [-0.2, 0) is 6.54 Å². The minimum Gasteiger partial charge on any atom is -0.350 e. The van der Waals surface area contributed by atoms with Gasteiger partial charge in [-0.15, -0.1) is 0 Å². The van der Waals surface area contributed by atoms with Crippen LogP contribution in [0.4, 0.5) is 4.39 Å². The standard InChI is InChI=1S/C35H31Cl2FN4O/c36-25-5-1-20(2-6-25)18-42-19-39-31(24-3-8-27(38)9-4-24)33(42)30-28-10-7-26(37)14-29(28)40-32(30)34(43)41-35-15-21-11-22(16-35)13-23(12-21)17-35/h1-10,14,19,21-23,40H,11-13,15-18H2,(H,41,43). The van der Waals surface area contributed by atoms with Crippen molar-refractivity contribution in [2.24, 2.45) is 17.8 Å². The number of H-pyrrole nitrogens is 1. The molecule has 2 heterocycles. The van der Waals surface area contributed by atoms with Gasteiger partial charge in [0.25, 0.3) is 5.91 Å². The first-order valence-corrected chi connectivity index (χ1v) is 15.8. The average Bonchev–Trinajstić information content (AvgIpc) is 3.54. The van der Waals surface area contributed by atoms with E-state index in [1.165, 1.54) is 31.4 Å². The third-order valence-electron chi connectivity index (χ3n) is 9.86. The monoisotopic (exact) mass is 612 g/mol. The molecule has 0 aliphatic heterocycles. The molecule has 3 aromatic carbocycles. The van der Waals surface area contributed by atoms with Crippen molar-refractivity contribution in [3.63, 3.8) is 0 Å². The van der Waals surface area contributed by atoms with E-state index in [2.05, 4.69) is 14.9 Å². The zero-order valence-electron chi connectivity index (χ0n) is 23.5. The third-order valence-corrected chi connectivity index (χ3v) is 10.4. The molecular weight excluding hydrogens is 582 g/mol. The van der Waals surface area contributed by atoms with Crippen molar-refractivity contribution in [3.8, 4) is 22.5 Å². The number of rotatable bonds is 6. The molecule has 5 aromatic rings. The number of benzene rings is 3. The number of hydrogen-bond donors (Lipinski definition) is 2. The van der Waals surface area contributed by atoms with Gasteiger partial charge in [0.05, 0.1) is 17.7 Å². The Morgan fingerprint density at radius 3 is 2.26 bits per heavy atom. The smallest absolute Gasteiger partial charge is 0.268 e. The van der Waals surface area contributed by atoms with Crippen LogP contribution in [-0.4, -0.2) is 26.0 Å². The lowest BCUT2D eigenvalue weighted by atomic mass is 9.53. The molecular formula is C35H31Cl2FN4O. The van der Waals surface area contributed by atoms with E-state index >= 15 is 0 Å². The predicted molar refractivity (Wildman–Crippen MR) is 169 cm³/mol. The Kier molecular flexibility index (Phi) is 6.43. The number of aromatic nitrogens is 3. The van der Waals surface area contributed by atoms with Crippen LogP contribution in [0.25, 0.3) is 33.4 Å². The van der Waals surface area contributed by atoms with Crippen molar-refractivity contribution in [1.82, 2.24) is 19.9 Å². The summed E-state index contributed by atoms with van der Waals surface area (Å²) in [5.41, 5.74) is 5.15. The predicted octanol–water partition coefficient (Wildman–Crippen LogP) is 8.89. The number of imidazole rings is 1. The molecule has 0 atom stereocenters. The zero-order chi connectivity index (χ0) is 29.3. The molecule has 4 saturated carbocycles. The van der Waals surface area contributed by atoms with Gasteiger partial charge in [0.15, 0.2) is 0 Å². The summed E-state index contributed by atoms with van der Waals surface area (Å²) in [6.45, 7) is 0.511. The minimum atomic E-state index is -0.316. The van der Waals surface area contributed by atoms with Crippen molar-refractivity contribution in [2.75, 3.05) is 0 Å². The lowest BCUT2D eigenvalue weighted by molar-refractivity contribution is -0.0167. The van der Waals surface area contributed by atoms with Crippen LogP contribution in [0.3, 0.4) is 0 Å². The fourth-order valence-electron chi connectivity index (χ4n) is 8.52. The van der Waals surface area contributed by atoms with Gasteiger partial charge in [0.2, 0.25) is 0 Å². The number of nitrogens with one attached hydrogen (secondary N) is 2. The third kappa shape index (κ3) is 4.85. The minimum absolute atomic E-state index is 0.103. The van der Waals surface area contributed by atoms with E-state index in [4.69, 9.17) is 28.2 Å². The maximum absolute atomic E-state index is 14.4. The number of carbonyl (C=O) groups is 1. The van der Waals surface area contributed by atoms with E-state index in [0.29, 0.717) is 45.7 Å². The Hall–Kier alpha value is -3.61. The number of fused-ring (bicyclic) bond motifs is 1. The number of carbonyl (C=O) groups excluding carboxylic acids is 1. The average molecular weight is 614 g/mol. The summed E-state index contributed by atoms with van der Waals surface area (Å²) in [6.07, 6.45) is 8.87. The lowest BCUT2D eigenvalue weighted by Crippen LogP contribution is -2.59. The first kappa shape index (κ1) is 27.0. The highest BCUT2D eigenvalue weighted by atomic mass is 35.5. The summed E-state index contributed by atoms with van der Waals surface area (Å²) in [5.74, 6) is 1.70. The molecule has 0 spiro atoms. The molecule has 4 bridgehead atoms. The topological polar surface area (TPSA) is 62.7 Å². The number of nitrogens with zero attached hydrogens (tertiary/aromatic N) is 2. The normalized spacial score (nSPS) is 24.1. The second-order valence-corrected chi connectivity index (χ2v) is 13.8. The molecule has 0 radical (unpaired) electrons. The summed E-state index contributed by atoms with van der Waals surface area (Å²) in [4.78, 5) is 22.7. The molecule has 0 unspecified atom stereocenters. The van der Waals surface area contributed by atoms with Gasteiger partial charge >= 0.3 is 0 Å². The van der Waals surface area contributed by atoms with E-state index in [1.807, 2.05) is 42.5 Å². The van der Waals surface area contributed by atoms with E-state index in [-0.39, 0.29) is 17.3 Å². The van der Waals surface area contributed by atoms with E-state index < -0.39 is 0 Å². The molecule has 2 N–H and O–H groups in total. The molecule has 5 nitrogen and oxygen atoms in total. The summed E-state index contributed by atoms with van der Waals surface area (Å²) < 4.78 is 16.0. The van der Waals surface area contributed by atoms with Crippen molar-refractivity contribution >= 4 is 40.0 Å². The number of halogens is 3. The molecule has 2 aromatic heterocycles. The van der Waals surface area contributed by atoms with Crippen LogP contribution in [0.15, 0.2) is 73.1 Å².